The number of nitrogens with zero attached hydrogens (tertiary/aromatic N) is 6. The standard InChI is InChI=1S/C34H35ClF3N7O3/c1-20-4-3-11-39-26(20)18-43-12-9-33(10-13-43)17-21(2)29-28(33)31(47)45-32(41-30(42-45)22-7-14-48-15-8-22)44(29)19-27(46)40-25-6-5-23(16-24(25)35)34(36,37)38/h3-7,11,16,21H,8-10,12-15,17-19H2,1-2H3,(H,40,46). The summed E-state index contributed by atoms with van der Waals surface area (Å²) in [7, 11) is 0. The molecule has 1 fully saturated rings. The van der Waals surface area contributed by atoms with Crippen LogP contribution in [0.1, 0.15) is 72.4 Å². The van der Waals surface area contributed by atoms with Crippen LogP contribution in [0.25, 0.3) is 11.4 Å². The van der Waals surface area contributed by atoms with Gasteiger partial charge in [0.15, 0.2) is 5.82 Å². The minimum absolute atomic E-state index is 0.0536. The van der Waals surface area contributed by atoms with Gasteiger partial charge in [-0.15, -0.1) is 5.10 Å². The molecule has 1 saturated heterocycles. The molecule has 14 heteroatoms. The molecule has 48 heavy (non-hydrogen) atoms. The number of nitrogens with one attached hydrogen (secondary N) is 1. The van der Waals surface area contributed by atoms with Crippen LogP contribution in [-0.4, -0.2) is 61.3 Å². The van der Waals surface area contributed by atoms with Gasteiger partial charge in [0, 0.05) is 29.4 Å². The van der Waals surface area contributed by atoms with Gasteiger partial charge in [-0.25, -0.2) is 0 Å². The molecule has 3 aliphatic rings. The Bertz CT molecular complexity index is 2000. The topological polar surface area (TPSA) is 107 Å². The number of carbonyl (C=O) groups is 1. The highest BCUT2D eigenvalue weighted by molar-refractivity contribution is 6.33. The Morgan fingerprint density at radius 2 is 2.00 bits per heavy atom. The number of anilines is 1. The van der Waals surface area contributed by atoms with E-state index in [0.29, 0.717) is 31.0 Å². The Labute approximate surface area is 279 Å². The molecule has 1 atom stereocenters. The van der Waals surface area contributed by atoms with Crippen molar-refractivity contribution in [3.8, 4) is 0 Å². The minimum Gasteiger partial charge on any atom is -0.377 e. The lowest BCUT2D eigenvalue weighted by molar-refractivity contribution is -0.137. The fourth-order valence-electron chi connectivity index (χ4n) is 7.51. The number of halogens is 4. The van der Waals surface area contributed by atoms with Crippen LogP contribution in [0, 0.1) is 6.92 Å². The van der Waals surface area contributed by atoms with Gasteiger partial charge in [-0.3, -0.25) is 19.5 Å². The van der Waals surface area contributed by atoms with Gasteiger partial charge >= 0.3 is 6.18 Å². The van der Waals surface area contributed by atoms with Gasteiger partial charge in [-0.2, -0.15) is 22.7 Å². The predicted octanol–water partition coefficient (Wildman–Crippen LogP) is 5.75. The zero-order chi connectivity index (χ0) is 33.8. The third-order valence-electron chi connectivity index (χ3n) is 9.91. The molecule has 1 N–H and O–H groups in total. The van der Waals surface area contributed by atoms with E-state index in [4.69, 9.17) is 21.3 Å². The fourth-order valence-corrected chi connectivity index (χ4v) is 7.73. The Morgan fingerprint density at radius 3 is 2.69 bits per heavy atom. The number of hydrogen-bond acceptors (Lipinski definition) is 7. The Kier molecular flexibility index (Phi) is 8.41. The molecule has 1 spiro atoms. The first-order valence-electron chi connectivity index (χ1n) is 16.0. The number of piperidine rings is 1. The van der Waals surface area contributed by atoms with Gasteiger partial charge < -0.3 is 14.6 Å². The summed E-state index contributed by atoms with van der Waals surface area (Å²) in [5.41, 5.74) is 2.94. The zero-order valence-corrected chi connectivity index (χ0v) is 27.4. The van der Waals surface area contributed by atoms with E-state index in [1.54, 1.807) is 10.8 Å². The molecule has 0 radical (unpaired) electrons. The fraction of sp³-hybridized carbons (Fsp3) is 0.441. The number of aromatic nitrogens is 5. The van der Waals surface area contributed by atoms with E-state index in [1.807, 2.05) is 12.1 Å². The molecule has 5 heterocycles. The summed E-state index contributed by atoms with van der Waals surface area (Å²) in [4.78, 5) is 39.7. The van der Waals surface area contributed by atoms with E-state index in [0.717, 1.165) is 79.6 Å². The molecule has 0 bridgehead atoms. The van der Waals surface area contributed by atoms with Crippen molar-refractivity contribution in [3.63, 3.8) is 0 Å². The largest absolute Gasteiger partial charge is 0.416 e. The van der Waals surface area contributed by atoms with E-state index < -0.39 is 23.1 Å². The van der Waals surface area contributed by atoms with Crippen LogP contribution < -0.4 is 10.9 Å². The molecule has 1 aliphatic carbocycles. The van der Waals surface area contributed by atoms with E-state index in [9.17, 15) is 22.8 Å². The Hall–Kier alpha value is -4.07. The normalized spacial score (nSPS) is 19.5. The first kappa shape index (κ1) is 32.5. The van der Waals surface area contributed by atoms with Crippen molar-refractivity contribution in [2.75, 3.05) is 31.6 Å². The number of ether oxygens (including phenoxy) is 1. The third kappa shape index (κ3) is 5.92. The number of likely N-dealkylation sites (tertiary alicyclic amines) is 1. The maximum absolute atomic E-state index is 14.4. The van der Waals surface area contributed by atoms with Crippen LogP contribution in [0.2, 0.25) is 5.02 Å². The number of carbonyl (C=O) groups excluding carboxylic acids is 1. The molecule has 1 unspecified atom stereocenters. The number of pyridine rings is 1. The summed E-state index contributed by atoms with van der Waals surface area (Å²) in [6.45, 7) is 7.09. The van der Waals surface area contributed by atoms with E-state index in [-0.39, 0.29) is 34.5 Å². The number of fused-ring (bicyclic) bond motifs is 3. The van der Waals surface area contributed by atoms with Crippen molar-refractivity contribution in [2.45, 2.75) is 70.1 Å². The van der Waals surface area contributed by atoms with E-state index >= 15 is 0 Å². The van der Waals surface area contributed by atoms with Crippen molar-refractivity contribution in [3.05, 3.63) is 91.9 Å². The van der Waals surface area contributed by atoms with Crippen LogP contribution in [0.4, 0.5) is 18.9 Å². The van der Waals surface area contributed by atoms with E-state index in [1.165, 1.54) is 4.52 Å². The van der Waals surface area contributed by atoms with Crippen LogP contribution >= 0.6 is 11.6 Å². The Balaban J connectivity index is 1.25. The molecule has 7 rings (SSSR count). The van der Waals surface area contributed by atoms with E-state index in [2.05, 4.69) is 40.2 Å². The molecule has 4 aromatic rings. The van der Waals surface area contributed by atoms with Gasteiger partial charge in [0.05, 0.1) is 35.2 Å². The Morgan fingerprint density at radius 1 is 1.21 bits per heavy atom. The third-order valence-corrected chi connectivity index (χ3v) is 10.2. The number of benzene rings is 1. The van der Waals surface area contributed by atoms with Crippen LogP contribution in [0.15, 0.2) is 47.4 Å². The predicted molar refractivity (Wildman–Crippen MR) is 174 cm³/mol. The molecular formula is C34H35ClF3N7O3. The second-order valence-electron chi connectivity index (χ2n) is 13.0. The van der Waals surface area contributed by atoms with Gasteiger partial charge in [0.25, 0.3) is 5.56 Å². The van der Waals surface area contributed by atoms with Crippen LogP contribution in [0.3, 0.4) is 0 Å². The summed E-state index contributed by atoms with van der Waals surface area (Å²) in [6.07, 6.45) is 1.97. The van der Waals surface area contributed by atoms with Gasteiger partial charge in [-0.05, 0) is 87.0 Å². The lowest BCUT2D eigenvalue weighted by Crippen LogP contribution is -2.44. The average molecular weight is 682 g/mol. The first-order valence-corrected chi connectivity index (χ1v) is 16.4. The molecule has 2 aliphatic heterocycles. The maximum atomic E-state index is 14.4. The zero-order valence-electron chi connectivity index (χ0n) is 26.6. The lowest BCUT2D eigenvalue weighted by Gasteiger charge is -2.39. The summed E-state index contributed by atoms with van der Waals surface area (Å²) in [6, 6.07) is 6.78. The summed E-state index contributed by atoms with van der Waals surface area (Å²) < 4.78 is 48.2. The number of alkyl halides is 3. The highest BCUT2D eigenvalue weighted by Gasteiger charge is 2.48. The van der Waals surface area contributed by atoms with Crippen LogP contribution in [0.5, 0.6) is 0 Å². The molecular weight excluding hydrogens is 647 g/mol. The summed E-state index contributed by atoms with van der Waals surface area (Å²) >= 11 is 6.16. The number of amides is 1. The van der Waals surface area contributed by atoms with Gasteiger partial charge in [0.1, 0.15) is 6.54 Å². The van der Waals surface area contributed by atoms with Crippen molar-refractivity contribution >= 4 is 34.5 Å². The van der Waals surface area contributed by atoms with Crippen molar-refractivity contribution in [1.82, 2.24) is 29.0 Å². The second kappa shape index (κ2) is 12.4. The molecule has 252 valence electrons. The average Bonchev–Trinajstić information content (AvgIpc) is 3.63. The summed E-state index contributed by atoms with van der Waals surface area (Å²) in [5.74, 6) is 0.0585. The molecule has 10 nitrogen and oxygen atoms in total. The minimum atomic E-state index is -4.57. The van der Waals surface area contributed by atoms with Crippen molar-refractivity contribution in [1.29, 1.82) is 0 Å². The van der Waals surface area contributed by atoms with Crippen molar-refractivity contribution in [2.24, 2.45) is 0 Å². The monoisotopic (exact) mass is 681 g/mol. The number of aryl methyl sites for hydroxylation is 1. The number of hydrogen-bond donors (Lipinski definition) is 1. The SMILES string of the molecule is Cc1cccnc1CN1CCC2(CC1)CC(C)c1c2c(=O)n2nc(C3=CCOCC3)nc2n1CC(=O)Nc1ccc(C(F)(F)F)cc1Cl. The van der Waals surface area contributed by atoms with Crippen molar-refractivity contribution < 1.29 is 22.7 Å². The molecule has 3 aromatic heterocycles. The van der Waals surface area contributed by atoms with Crippen LogP contribution in [-0.2, 0) is 34.2 Å². The summed E-state index contributed by atoms with van der Waals surface area (Å²) in [5, 5.41) is 7.10. The number of rotatable bonds is 6. The molecule has 1 aromatic carbocycles. The molecule has 0 saturated carbocycles. The highest BCUT2D eigenvalue weighted by Crippen LogP contribution is 2.50. The highest BCUT2D eigenvalue weighted by atomic mass is 35.5. The lowest BCUT2D eigenvalue weighted by atomic mass is 9.73. The maximum Gasteiger partial charge on any atom is 0.416 e. The van der Waals surface area contributed by atoms with Gasteiger partial charge in [0.2, 0.25) is 11.7 Å². The second-order valence-corrected chi connectivity index (χ2v) is 13.4. The molecule has 1 amide bonds. The quantitative estimate of drug-likeness (QED) is 0.276. The first-order chi connectivity index (χ1) is 22.9. The smallest absolute Gasteiger partial charge is 0.377 e. The van der Waals surface area contributed by atoms with Gasteiger partial charge in [-0.1, -0.05) is 30.7 Å².